The molecule has 0 spiro atoms. The summed E-state index contributed by atoms with van der Waals surface area (Å²) in [7, 11) is 0. The number of hydrogen-bond acceptors (Lipinski definition) is 7. The Morgan fingerprint density at radius 3 is 1.08 bits per heavy atom. The molecular formula is C67H46N8. The summed E-state index contributed by atoms with van der Waals surface area (Å²) in [5.74, 6) is 3.29. The number of fused-ring (bicyclic) bond motifs is 3. The summed E-state index contributed by atoms with van der Waals surface area (Å²) < 4.78 is 2.37. The van der Waals surface area contributed by atoms with Crippen molar-refractivity contribution in [3.63, 3.8) is 0 Å². The van der Waals surface area contributed by atoms with Gasteiger partial charge in [0.1, 0.15) is 0 Å². The Morgan fingerprint density at radius 2 is 0.653 bits per heavy atom. The molecule has 354 valence electrons. The fourth-order valence-corrected chi connectivity index (χ4v) is 9.86. The van der Waals surface area contributed by atoms with Crippen molar-refractivity contribution in [2.24, 2.45) is 0 Å². The number of aryl methyl sites for hydroxylation is 2. The largest absolute Gasteiger partial charge is 0.309 e. The van der Waals surface area contributed by atoms with Crippen LogP contribution in [0.5, 0.6) is 0 Å². The van der Waals surface area contributed by atoms with Crippen LogP contribution in [0.4, 0.5) is 0 Å². The summed E-state index contributed by atoms with van der Waals surface area (Å²) in [6.45, 7) is 4.25. The molecule has 13 aromatic rings. The minimum Gasteiger partial charge on any atom is -0.309 e. The van der Waals surface area contributed by atoms with Crippen molar-refractivity contribution in [2.75, 3.05) is 0 Å². The number of aromatic nitrogens is 8. The van der Waals surface area contributed by atoms with Crippen molar-refractivity contribution in [1.29, 1.82) is 0 Å². The summed E-state index contributed by atoms with van der Waals surface area (Å²) in [6, 6.07) is 81.8. The third kappa shape index (κ3) is 8.70. The highest BCUT2D eigenvalue weighted by atomic mass is 15.1. The molecule has 0 radical (unpaired) electrons. The van der Waals surface area contributed by atoms with E-state index in [1.165, 1.54) is 11.1 Å². The Morgan fingerprint density at radius 1 is 0.280 bits per heavy atom. The predicted octanol–water partition coefficient (Wildman–Crippen LogP) is 16.2. The average Bonchev–Trinajstić information content (AvgIpc) is 3.84. The molecule has 0 aliphatic rings. The average molecular weight is 963 g/mol. The molecule has 0 unspecified atom stereocenters. The zero-order chi connectivity index (χ0) is 50.2. The lowest BCUT2D eigenvalue weighted by molar-refractivity contribution is 1.07. The maximum absolute atomic E-state index is 5.28. The molecule has 0 atom stereocenters. The fourth-order valence-electron chi connectivity index (χ4n) is 9.86. The molecule has 8 heteroatoms. The van der Waals surface area contributed by atoms with E-state index >= 15 is 0 Å². The highest BCUT2D eigenvalue weighted by Gasteiger charge is 2.24. The van der Waals surface area contributed by atoms with Crippen molar-refractivity contribution < 1.29 is 0 Å². The van der Waals surface area contributed by atoms with Crippen LogP contribution in [0.15, 0.2) is 243 Å². The van der Waals surface area contributed by atoms with Crippen molar-refractivity contribution in [2.45, 2.75) is 13.8 Å². The lowest BCUT2D eigenvalue weighted by Gasteiger charge is -2.18. The molecule has 0 saturated heterocycles. The fraction of sp³-hybridized carbons (Fsp3) is 0.0299. The first-order valence-electron chi connectivity index (χ1n) is 25.0. The number of benzene rings is 9. The molecule has 4 aromatic heterocycles. The minimum atomic E-state index is 0.493. The molecule has 9 aromatic carbocycles. The number of hydrogen-bond donors (Lipinski definition) is 0. The molecule has 0 N–H and O–H groups in total. The standard InChI is InChI=1S/C67H46N8/c1-43-25-29-45(30-26-43)51-33-36-58-55(40-51)56-41-52(46-31-27-44(2)28-32-46)34-37-59(56)75(58)60-38-35-53(66-71-62(47-16-7-3-8-17-47)69-63(72-66)48-18-9-4-10-19-48)42-57(60)61-54(24-15-39-68-61)67-73-64(49-20-11-5-12-21-49)70-65(74-67)50-22-13-6-14-23-50/h3-42H,1-2H3. The molecule has 8 nitrogen and oxygen atoms in total. The maximum Gasteiger partial charge on any atom is 0.166 e. The maximum atomic E-state index is 5.28. The van der Waals surface area contributed by atoms with E-state index in [1.807, 2.05) is 134 Å². The molecule has 4 heterocycles. The van der Waals surface area contributed by atoms with Gasteiger partial charge >= 0.3 is 0 Å². The van der Waals surface area contributed by atoms with E-state index < -0.39 is 0 Å². The Balaban J connectivity index is 1.09. The van der Waals surface area contributed by atoms with Gasteiger partial charge in [-0.2, -0.15) is 0 Å². The van der Waals surface area contributed by atoms with Crippen molar-refractivity contribution in [1.82, 2.24) is 39.5 Å². The molecular weight excluding hydrogens is 917 g/mol. The summed E-state index contributed by atoms with van der Waals surface area (Å²) >= 11 is 0. The van der Waals surface area contributed by atoms with Gasteiger partial charge in [0, 0.05) is 55.9 Å². The quantitative estimate of drug-likeness (QED) is 0.135. The van der Waals surface area contributed by atoms with Gasteiger partial charge in [-0.1, -0.05) is 193 Å². The first-order valence-corrected chi connectivity index (χ1v) is 25.0. The van der Waals surface area contributed by atoms with Crippen molar-refractivity contribution in [3.05, 3.63) is 254 Å². The molecule has 0 aliphatic heterocycles. The van der Waals surface area contributed by atoms with Crippen LogP contribution >= 0.6 is 0 Å². The Bertz CT molecular complexity index is 4000. The van der Waals surface area contributed by atoms with Gasteiger partial charge in [-0.3, -0.25) is 4.98 Å². The number of nitrogens with zero attached hydrogens (tertiary/aromatic N) is 8. The third-order valence-electron chi connectivity index (χ3n) is 13.7. The van der Waals surface area contributed by atoms with Crippen LogP contribution in [0, 0.1) is 13.8 Å². The van der Waals surface area contributed by atoms with Crippen LogP contribution < -0.4 is 0 Å². The molecule has 0 saturated carbocycles. The van der Waals surface area contributed by atoms with E-state index in [9.17, 15) is 0 Å². The summed E-state index contributed by atoms with van der Waals surface area (Å²) in [6.07, 6.45) is 1.84. The van der Waals surface area contributed by atoms with Crippen LogP contribution in [0.25, 0.3) is 129 Å². The minimum absolute atomic E-state index is 0.493. The lowest BCUT2D eigenvalue weighted by atomic mass is 9.99. The normalized spacial score (nSPS) is 11.3. The second-order valence-electron chi connectivity index (χ2n) is 18.7. The van der Waals surface area contributed by atoms with Crippen molar-refractivity contribution >= 4 is 21.8 Å². The highest BCUT2D eigenvalue weighted by Crippen LogP contribution is 2.43. The smallest absolute Gasteiger partial charge is 0.166 e. The molecule has 0 fully saturated rings. The van der Waals surface area contributed by atoms with E-state index in [0.29, 0.717) is 40.6 Å². The van der Waals surface area contributed by atoms with Gasteiger partial charge in [0.15, 0.2) is 34.9 Å². The lowest BCUT2D eigenvalue weighted by Crippen LogP contribution is -2.04. The van der Waals surface area contributed by atoms with Crippen LogP contribution in [0.3, 0.4) is 0 Å². The van der Waals surface area contributed by atoms with E-state index in [2.05, 4.69) is 128 Å². The molecule has 13 rings (SSSR count). The summed E-state index contributed by atoms with van der Waals surface area (Å²) in [5.41, 5.74) is 16.6. The Labute approximate surface area is 434 Å². The van der Waals surface area contributed by atoms with E-state index in [-0.39, 0.29) is 0 Å². The van der Waals surface area contributed by atoms with Crippen LogP contribution in [0.2, 0.25) is 0 Å². The summed E-state index contributed by atoms with van der Waals surface area (Å²) in [4.78, 5) is 36.2. The monoisotopic (exact) mass is 962 g/mol. The van der Waals surface area contributed by atoms with Gasteiger partial charge in [0.2, 0.25) is 0 Å². The Kier molecular flexibility index (Phi) is 11.5. The van der Waals surface area contributed by atoms with Gasteiger partial charge in [0.05, 0.1) is 22.4 Å². The van der Waals surface area contributed by atoms with Gasteiger partial charge in [-0.15, -0.1) is 0 Å². The predicted molar refractivity (Wildman–Crippen MR) is 304 cm³/mol. The zero-order valence-corrected chi connectivity index (χ0v) is 41.2. The second kappa shape index (κ2) is 19.2. The van der Waals surface area contributed by atoms with Gasteiger partial charge in [-0.05, 0) is 90.7 Å². The molecule has 0 bridgehead atoms. The number of rotatable bonds is 10. The molecule has 0 amide bonds. The van der Waals surface area contributed by atoms with Gasteiger partial charge in [-0.25, -0.2) is 29.9 Å². The first kappa shape index (κ1) is 44.9. The van der Waals surface area contributed by atoms with Crippen molar-refractivity contribution in [3.8, 4) is 108 Å². The highest BCUT2D eigenvalue weighted by molar-refractivity contribution is 6.12. The second-order valence-corrected chi connectivity index (χ2v) is 18.7. The van der Waals surface area contributed by atoms with Crippen LogP contribution in [0.1, 0.15) is 11.1 Å². The SMILES string of the molecule is Cc1ccc(-c2ccc3c(c2)c2cc(-c4ccc(C)cc4)ccc2n3-c2ccc(-c3nc(-c4ccccc4)nc(-c4ccccc4)n3)cc2-c2ncccc2-c2nc(-c3ccccc3)nc(-c3ccccc3)n2)cc1. The van der Waals surface area contributed by atoms with E-state index in [0.717, 1.165) is 88.7 Å². The first-order chi connectivity index (χ1) is 37.0. The van der Waals surface area contributed by atoms with Crippen LogP contribution in [-0.4, -0.2) is 39.5 Å². The topological polar surface area (TPSA) is 95.2 Å². The van der Waals surface area contributed by atoms with Gasteiger partial charge in [0.25, 0.3) is 0 Å². The molecule has 75 heavy (non-hydrogen) atoms. The molecule has 0 aliphatic carbocycles. The van der Waals surface area contributed by atoms with Crippen LogP contribution in [-0.2, 0) is 0 Å². The number of pyridine rings is 1. The zero-order valence-electron chi connectivity index (χ0n) is 41.2. The Hall–Kier alpha value is -10.1. The van der Waals surface area contributed by atoms with E-state index in [1.54, 1.807) is 0 Å². The summed E-state index contributed by atoms with van der Waals surface area (Å²) in [5, 5.41) is 2.26. The van der Waals surface area contributed by atoms with E-state index in [4.69, 9.17) is 34.9 Å². The van der Waals surface area contributed by atoms with Gasteiger partial charge < -0.3 is 4.57 Å². The third-order valence-corrected chi connectivity index (χ3v) is 13.7.